The zero-order chi connectivity index (χ0) is 12.5. The van der Waals surface area contributed by atoms with Crippen molar-refractivity contribution in [1.82, 2.24) is 4.90 Å². The molecular formula is C12H14BrNO2S. The second-order valence-electron chi connectivity index (χ2n) is 4.49. The maximum absolute atomic E-state index is 11.7. The molecule has 1 amide bonds. The molecule has 0 saturated carbocycles. The zero-order valence-corrected chi connectivity index (χ0v) is 11.9. The molecule has 1 N–H and O–H groups in total. The topological polar surface area (TPSA) is 40.5 Å². The van der Waals surface area contributed by atoms with Gasteiger partial charge in [-0.05, 0) is 31.2 Å². The fourth-order valence-electron chi connectivity index (χ4n) is 1.72. The van der Waals surface area contributed by atoms with Crippen LogP contribution in [-0.2, 0) is 4.79 Å². The highest BCUT2D eigenvalue weighted by Crippen LogP contribution is 2.24. The lowest BCUT2D eigenvalue weighted by molar-refractivity contribution is -0.149. The third-order valence-corrected chi connectivity index (χ3v) is 4.12. The molecule has 1 aliphatic heterocycles. The van der Waals surface area contributed by atoms with Crippen LogP contribution in [0.5, 0.6) is 0 Å². The Morgan fingerprint density at radius 2 is 2.06 bits per heavy atom. The average molecular weight is 316 g/mol. The molecule has 5 heteroatoms. The molecule has 0 unspecified atom stereocenters. The summed E-state index contributed by atoms with van der Waals surface area (Å²) in [5.41, 5.74) is -0.683. The number of nitrogens with zero attached hydrogens (tertiary/aromatic N) is 1. The summed E-state index contributed by atoms with van der Waals surface area (Å²) < 4.78 is 1.03. The number of carbonyl (C=O) groups excluding carboxylic acids is 1. The van der Waals surface area contributed by atoms with Gasteiger partial charge in [0.15, 0.2) is 0 Å². The first-order valence-corrected chi connectivity index (χ1v) is 7.13. The summed E-state index contributed by atoms with van der Waals surface area (Å²) in [6.07, 6.45) is 0. The van der Waals surface area contributed by atoms with E-state index in [1.54, 1.807) is 11.8 Å². The predicted molar refractivity (Wildman–Crippen MR) is 72.1 cm³/mol. The number of rotatable bonds is 3. The molecule has 0 aliphatic carbocycles. The molecule has 0 spiro atoms. The molecule has 2 rings (SSSR count). The van der Waals surface area contributed by atoms with E-state index in [0.717, 1.165) is 9.37 Å². The van der Waals surface area contributed by atoms with Gasteiger partial charge in [0.2, 0.25) is 5.91 Å². The van der Waals surface area contributed by atoms with Gasteiger partial charge in [0.05, 0.1) is 24.4 Å². The second kappa shape index (κ2) is 5.00. The Kier molecular flexibility index (Phi) is 3.80. The lowest BCUT2D eigenvalue weighted by atomic mass is 9.97. The van der Waals surface area contributed by atoms with Crippen molar-refractivity contribution >= 4 is 33.6 Å². The summed E-state index contributed by atoms with van der Waals surface area (Å²) in [5, 5.41) is 9.54. The monoisotopic (exact) mass is 315 g/mol. The quantitative estimate of drug-likeness (QED) is 0.869. The van der Waals surface area contributed by atoms with Gasteiger partial charge in [-0.1, -0.05) is 15.9 Å². The Morgan fingerprint density at radius 3 is 2.59 bits per heavy atom. The number of β-amino-alcohol motifs (C(OH)–C–C–N with tert-alkyl or cyclic N) is 1. The van der Waals surface area contributed by atoms with Gasteiger partial charge < -0.3 is 10.0 Å². The van der Waals surface area contributed by atoms with Gasteiger partial charge in [-0.15, -0.1) is 11.8 Å². The van der Waals surface area contributed by atoms with Crippen LogP contribution in [0.1, 0.15) is 6.92 Å². The molecule has 1 heterocycles. The number of likely N-dealkylation sites (tertiary alicyclic amines) is 1. The van der Waals surface area contributed by atoms with Gasteiger partial charge in [0, 0.05) is 9.37 Å². The lowest BCUT2D eigenvalue weighted by Crippen LogP contribution is -2.62. The van der Waals surface area contributed by atoms with Gasteiger partial charge in [-0.25, -0.2) is 0 Å². The molecule has 0 atom stereocenters. The van der Waals surface area contributed by atoms with Crippen LogP contribution in [0.25, 0.3) is 0 Å². The van der Waals surface area contributed by atoms with E-state index in [-0.39, 0.29) is 5.91 Å². The molecule has 1 aromatic rings. The number of benzene rings is 1. The normalized spacial score (nSPS) is 17.7. The smallest absolute Gasteiger partial charge is 0.233 e. The Balaban J connectivity index is 1.79. The van der Waals surface area contributed by atoms with Crippen LogP contribution in [-0.4, -0.2) is 40.4 Å². The molecule has 1 aromatic carbocycles. The van der Waals surface area contributed by atoms with Crippen LogP contribution in [0.3, 0.4) is 0 Å². The molecule has 3 nitrogen and oxygen atoms in total. The second-order valence-corrected chi connectivity index (χ2v) is 6.45. The van der Waals surface area contributed by atoms with Crippen molar-refractivity contribution in [2.45, 2.75) is 17.4 Å². The number of hydrogen-bond acceptors (Lipinski definition) is 3. The Hall–Kier alpha value is -0.520. The van der Waals surface area contributed by atoms with E-state index in [1.165, 1.54) is 11.8 Å². The number of thioether (sulfide) groups is 1. The van der Waals surface area contributed by atoms with Crippen molar-refractivity contribution in [3.8, 4) is 0 Å². The molecule has 1 aliphatic rings. The van der Waals surface area contributed by atoms with Crippen molar-refractivity contribution < 1.29 is 9.90 Å². The maximum atomic E-state index is 11.7. The minimum absolute atomic E-state index is 0.0874. The van der Waals surface area contributed by atoms with E-state index in [2.05, 4.69) is 15.9 Å². The van der Waals surface area contributed by atoms with Gasteiger partial charge >= 0.3 is 0 Å². The SMILES string of the molecule is CC1(O)CN(C(=O)CSc2ccc(Br)cc2)C1. The highest BCUT2D eigenvalue weighted by Gasteiger charge is 2.38. The van der Waals surface area contributed by atoms with Crippen molar-refractivity contribution in [2.24, 2.45) is 0 Å². The first kappa shape index (κ1) is 12.9. The minimum Gasteiger partial charge on any atom is -0.386 e. The lowest BCUT2D eigenvalue weighted by Gasteiger charge is -2.44. The van der Waals surface area contributed by atoms with Gasteiger partial charge in [0.1, 0.15) is 0 Å². The zero-order valence-electron chi connectivity index (χ0n) is 9.52. The Bertz CT molecular complexity index is 411. The number of carbonyl (C=O) groups is 1. The molecule has 1 fully saturated rings. The number of aliphatic hydroxyl groups is 1. The molecule has 17 heavy (non-hydrogen) atoms. The third kappa shape index (κ3) is 3.47. The Labute approximate surface area is 113 Å². The van der Waals surface area contributed by atoms with Crippen molar-refractivity contribution in [1.29, 1.82) is 0 Å². The fraction of sp³-hybridized carbons (Fsp3) is 0.417. The van der Waals surface area contributed by atoms with Crippen LogP contribution in [0.15, 0.2) is 33.6 Å². The summed E-state index contributed by atoms with van der Waals surface area (Å²) in [5.74, 6) is 0.516. The van der Waals surface area contributed by atoms with Crippen LogP contribution in [0, 0.1) is 0 Å². The maximum Gasteiger partial charge on any atom is 0.233 e. The van der Waals surface area contributed by atoms with Crippen LogP contribution < -0.4 is 0 Å². The molecule has 92 valence electrons. The molecule has 0 radical (unpaired) electrons. The first-order valence-electron chi connectivity index (χ1n) is 5.35. The summed E-state index contributed by atoms with van der Waals surface area (Å²) in [4.78, 5) is 14.5. The van der Waals surface area contributed by atoms with Crippen LogP contribution in [0.4, 0.5) is 0 Å². The van der Waals surface area contributed by atoms with E-state index in [4.69, 9.17) is 0 Å². The standard InChI is InChI=1S/C12H14BrNO2S/c1-12(16)7-14(8-12)11(15)6-17-10-4-2-9(13)3-5-10/h2-5,16H,6-8H2,1H3. The Morgan fingerprint density at radius 1 is 1.47 bits per heavy atom. The van der Waals surface area contributed by atoms with E-state index in [0.29, 0.717) is 18.8 Å². The fourth-order valence-corrected chi connectivity index (χ4v) is 2.79. The predicted octanol–water partition coefficient (Wildman–Crippen LogP) is 2.13. The number of amides is 1. The number of halogens is 1. The summed E-state index contributed by atoms with van der Waals surface area (Å²) in [6.45, 7) is 2.65. The average Bonchev–Trinajstić information content (AvgIpc) is 2.24. The molecular weight excluding hydrogens is 302 g/mol. The molecule has 0 aromatic heterocycles. The summed E-state index contributed by atoms with van der Waals surface area (Å²) in [7, 11) is 0. The summed E-state index contributed by atoms with van der Waals surface area (Å²) in [6, 6.07) is 7.88. The highest BCUT2D eigenvalue weighted by atomic mass is 79.9. The van der Waals surface area contributed by atoms with Crippen molar-refractivity contribution in [3.63, 3.8) is 0 Å². The highest BCUT2D eigenvalue weighted by molar-refractivity contribution is 9.10. The van der Waals surface area contributed by atoms with Gasteiger partial charge in [-0.3, -0.25) is 4.79 Å². The molecule has 1 saturated heterocycles. The van der Waals surface area contributed by atoms with Crippen LogP contribution in [0.2, 0.25) is 0 Å². The van der Waals surface area contributed by atoms with E-state index in [1.807, 2.05) is 24.3 Å². The molecule has 0 bridgehead atoms. The van der Waals surface area contributed by atoms with Crippen LogP contribution >= 0.6 is 27.7 Å². The van der Waals surface area contributed by atoms with E-state index >= 15 is 0 Å². The minimum atomic E-state index is -0.683. The van der Waals surface area contributed by atoms with Gasteiger partial charge in [-0.2, -0.15) is 0 Å². The van der Waals surface area contributed by atoms with E-state index < -0.39 is 5.60 Å². The number of hydrogen-bond donors (Lipinski definition) is 1. The largest absolute Gasteiger partial charge is 0.386 e. The summed E-state index contributed by atoms with van der Waals surface area (Å²) >= 11 is 4.89. The van der Waals surface area contributed by atoms with Crippen molar-refractivity contribution in [3.05, 3.63) is 28.7 Å². The third-order valence-electron chi connectivity index (χ3n) is 2.59. The van der Waals surface area contributed by atoms with E-state index in [9.17, 15) is 9.90 Å². The first-order chi connectivity index (χ1) is 7.96. The van der Waals surface area contributed by atoms with Gasteiger partial charge in [0.25, 0.3) is 0 Å². The van der Waals surface area contributed by atoms with Crippen molar-refractivity contribution in [2.75, 3.05) is 18.8 Å².